The lowest BCUT2D eigenvalue weighted by molar-refractivity contribution is -0.135. The molecule has 11 nitrogen and oxygen atoms in total. The van der Waals surface area contributed by atoms with E-state index in [1.54, 1.807) is 36.4 Å². The second-order valence-electron chi connectivity index (χ2n) is 10.7. The van der Waals surface area contributed by atoms with E-state index in [1.807, 2.05) is 25.1 Å². The molecule has 0 spiro atoms. The van der Waals surface area contributed by atoms with E-state index < -0.39 is 23.7 Å². The number of anilines is 1. The fourth-order valence-corrected chi connectivity index (χ4v) is 5.23. The van der Waals surface area contributed by atoms with Gasteiger partial charge in [0.2, 0.25) is 5.91 Å². The number of nitrogens with zero attached hydrogens (tertiary/aromatic N) is 6. The van der Waals surface area contributed by atoms with E-state index in [1.165, 1.54) is 47.1 Å². The van der Waals surface area contributed by atoms with Crippen molar-refractivity contribution in [3.8, 4) is 11.4 Å². The van der Waals surface area contributed by atoms with E-state index in [4.69, 9.17) is 16.3 Å². The molecule has 1 unspecified atom stereocenters. The Morgan fingerprint density at radius 3 is 2.60 bits per heavy atom. The van der Waals surface area contributed by atoms with Gasteiger partial charge in [-0.15, -0.1) is 5.10 Å². The van der Waals surface area contributed by atoms with E-state index in [0.717, 1.165) is 5.56 Å². The minimum absolute atomic E-state index is 0.00343. The summed E-state index contributed by atoms with van der Waals surface area (Å²) in [5.41, 5.74) is 2.70. The number of carbonyl (C=O) groups excluding carboxylic acids is 3. The Bertz CT molecular complexity index is 1740. The summed E-state index contributed by atoms with van der Waals surface area (Å²) in [6.07, 6.45) is 4.23. The molecular formula is C32H31ClFN7O4. The van der Waals surface area contributed by atoms with Gasteiger partial charge >= 0.3 is 0 Å². The first-order chi connectivity index (χ1) is 21.6. The molecule has 0 saturated carbocycles. The number of halogens is 2. The normalized spacial score (nSPS) is 14.4. The van der Waals surface area contributed by atoms with Crippen molar-refractivity contribution in [2.24, 2.45) is 0 Å². The molecule has 0 aliphatic carbocycles. The van der Waals surface area contributed by atoms with Crippen molar-refractivity contribution in [3.63, 3.8) is 0 Å². The van der Waals surface area contributed by atoms with Crippen LogP contribution in [0.5, 0.6) is 5.75 Å². The molecule has 2 amide bonds. The zero-order valence-electron chi connectivity index (χ0n) is 24.9. The van der Waals surface area contributed by atoms with Crippen LogP contribution in [0, 0.1) is 5.82 Å². The lowest BCUT2D eigenvalue weighted by Crippen LogP contribution is -2.45. The van der Waals surface area contributed by atoms with E-state index in [2.05, 4.69) is 20.8 Å². The SMILES string of the molecule is CC(=O)c1ccc(NC(=O)C2c3cccc(OCCN(C)C)c3CCN2C(=O)/C=C/c2c(-n3cnnn3)ccc(Cl)c2F)cc1. The molecule has 1 atom stereocenters. The molecule has 0 saturated heterocycles. The fourth-order valence-electron chi connectivity index (χ4n) is 5.06. The first-order valence-corrected chi connectivity index (χ1v) is 14.5. The number of Topliss-reactive ketones (excluding diaryl/α,β-unsaturated/α-hetero) is 1. The first-order valence-electron chi connectivity index (χ1n) is 14.1. The Hall–Kier alpha value is -4.94. The number of rotatable bonds is 10. The molecule has 45 heavy (non-hydrogen) atoms. The Labute approximate surface area is 264 Å². The predicted octanol–water partition coefficient (Wildman–Crippen LogP) is 4.38. The van der Waals surface area contributed by atoms with Crippen LogP contribution in [-0.4, -0.2) is 81.4 Å². The molecular weight excluding hydrogens is 601 g/mol. The van der Waals surface area contributed by atoms with Gasteiger partial charge in [0.25, 0.3) is 5.91 Å². The van der Waals surface area contributed by atoms with Crippen molar-refractivity contribution < 1.29 is 23.5 Å². The molecule has 0 radical (unpaired) electrons. The van der Waals surface area contributed by atoms with Crippen LogP contribution in [0.25, 0.3) is 11.8 Å². The van der Waals surface area contributed by atoms with Gasteiger partial charge in [-0.05, 0) is 92.0 Å². The van der Waals surface area contributed by atoms with Gasteiger partial charge in [0.1, 0.15) is 24.7 Å². The van der Waals surface area contributed by atoms with Crippen molar-refractivity contribution in [1.82, 2.24) is 30.0 Å². The van der Waals surface area contributed by atoms with Gasteiger partial charge < -0.3 is 19.9 Å². The van der Waals surface area contributed by atoms with Crippen molar-refractivity contribution in [1.29, 1.82) is 0 Å². The highest BCUT2D eigenvalue weighted by atomic mass is 35.5. The average molecular weight is 632 g/mol. The van der Waals surface area contributed by atoms with Crippen LogP contribution >= 0.6 is 11.6 Å². The number of benzene rings is 3. The summed E-state index contributed by atoms with van der Waals surface area (Å²) in [7, 11) is 3.90. The molecule has 4 aromatic rings. The van der Waals surface area contributed by atoms with E-state index in [0.29, 0.717) is 42.1 Å². The van der Waals surface area contributed by atoms with Gasteiger partial charge in [-0.2, -0.15) is 4.68 Å². The smallest absolute Gasteiger partial charge is 0.251 e. The molecule has 13 heteroatoms. The van der Waals surface area contributed by atoms with Crippen molar-refractivity contribution in [3.05, 3.63) is 100 Å². The number of hydrogen-bond donors (Lipinski definition) is 1. The molecule has 0 fully saturated rings. The number of ether oxygens (including phenoxy) is 1. The number of aromatic nitrogens is 4. The quantitative estimate of drug-likeness (QED) is 0.202. The third-order valence-corrected chi connectivity index (χ3v) is 7.65. The van der Waals surface area contributed by atoms with Crippen molar-refractivity contribution in [2.75, 3.05) is 39.1 Å². The Morgan fingerprint density at radius 1 is 1.13 bits per heavy atom. The monoisotopic (exact) mass is 631 g/mol. The Kier molecular flexibility index (Phi) is 9.65. The van der Waals surface area contributed by atoms with Crippen LogP contribution in [0.15, 0.2) is 67.0 Å². The number of likely N-dealkylation sites (N-methyl/N-ethyl adjacent to an activating group) is 1. The van der Waals surface area contributed by atoms with Crippen molar-refractivity contribution in [2.45, 2.75) is 19.4 Å². The molecule has 1 aliphatic rings. The highest BCUT2D eigenvalue weighted by Crippen LogP contribution is 2.36. The molecule has 232 valence electrons. The number of ketones is 1. The Morgan fingerprint density at radius 2 is 1.91 bits per heavy atom. The molecule has 1 N–H and O–H groups in total. The second-order valence-corrected chi connectivity index (χ2v) is 11.1. The molecule has 3 aromatic carbocycles. The van der Waals surface area contributed by atoms with Gasteiger partial charge in [0.15, 0.2) is 11.6 Å². The van der Waals surface area contributed by atoms with E-state index in [-0.39, 0.29) is 28.6 Å². The topological polar surface area (TPSA) is 123 Å². The van der Waals surface area contributed by atoms with Crippen LogP contribution in [0.4, 0.5) is 10.1 Å². The van der Waals surface area contributed by atoms with E-state index in [9.17, 15) is 14.4 Å². The minimum Gasteiger partial charge on any atom is -0.492 e. The molecule has 0 bridgehead atoms. The average Bonchev–Trinajstić information content (AvgIpc) is 3.56. The summed E-state index contributed by atoms with van der Waals surface area (Å²) in [5, 5.41) is 13.8. The third kappa shape index (κ3) is 7.08. The zero-order chi connectivity index (χ0) is 32.1. The number of nitrogens with one attached hydrogen (secondary N) is 1. The van der Waals surface area contributed by atoms with Crippen LogP contribution in [0.1, 0.15) is 40.0 Å². The van der Waals surface area contributed by atoms with Crippen molar-refractivity contribution >= 4 is 41.0 Å². The number of amides is 2. The van der Waals surface area contributed by atoms with Crippen LogP contribution in [-0.2, 0) is 16.0 Å². The lowest BCUT2D eigenvalue weighted by Gasteiger charge is -2.36. The zero-order valence-corrected chi connectivity index (χ0v) is 25.7. The van der Waals surface area contributed by atoms with Crippen LogP contribution < -0.4 is 10.1 Å². The number of tetrazole rings is 1. The third-order valence-electron chi connectivity index (χ3n) is 7.36. The number of carbonyl (C=O) groups is 3. The summed E-state index contributed by atoms with van der Waals surface area (Å²) in [5.74, 6) is -1.18. The van der Waals surface area contributed by atoms with Gasteiger partial charge in [-0.1, -0.05) is 23.7 Å². The van der Waals surface area contributed by atoms with Crippen LogP contribution in [0.3, 0.4) is 0 Å². The number of hydrogen-bond acceptors (Lipinski definition) is 8. The van der Waals surface area contributed by atoms with Crippen LogP contribution in [0.2, 0.25) is 5.02 Å². The maximum absolute atomic E-state index is 15.2. The second kappa shape index (κ2) is 13.8. The first kappa shape index (κ1) is 31.5. The molecule has 1 aromatic heterocycles. The summed E-state index contributed by atoms with van der Waals surface area (Å²) < 4.78 is 22.5. The molecule has 2 heterocycles. The summed E-state index contributed by atoms with van der Waals surface area (Å²) in [4.78, 5) is 42.8. The minimum atomic E-state index is -1.03. The summed E-state index contributed by atoms with van der Waals surface area (Å²) >= 11 is 6.05. The fraction of sp³-hybridized carbons (Fsp3) is 0.250. The maximum Gasteiger partial charge on any atom is 0.251 e. The lowest BCUT2D eigenvalue weighted by atomic mass is 9.90. The summed E-state index contributed by atoms with van der Waals surface area (Å²) in [6.45, 7) is 2.81. The van der Waals surface area contributed by atoms with Gasteiger partial charge in [0.05, 0.1) is 10.7 Å². The number of fused-ring (bicyclic) bond motifs is 1. The molecule has 1 aliphatic heterocycles. The molecule has 5 rings (SSSR count). The largest absolute Gasteiger partial charge is 0.492 e. The van der Waals surface area contributed by atoms with E-state index >= 15 is 4.39 Å². The van der Waals surface area contributed by atoms with Gasteiger partial charge in [0, 0.05) is 41.5 Å². The highest BCUT2D eigenvalue weighted by molar-refractivity contribution is 6.31. The highest BCUT2D eigenvalue weighted by Gasteiger charge is 2.36. The standard InChI is InChI=1S/C32H31ClFN7O4/c1-20(42)21-7-9-22(10-8-21)36-32(44)31-24-5-4-6-28(45-18-17-39(2)3)23(24)15-16-40(31)29(43)14-11-25-27(41-19-35-37-38-41)13-12-26(33)30(25)34/h4-14,19,31H,15-18H2,1-3H3,(H,36,44)/b14-11+. The van der Waals surface area contributed by atoms with Gasteiger partial charge in [-0.3, -0.25) is 14.4 Å². The van der Waals surface area contributed by atoms with Gasteiger partial charge in [-0.25, -0.2) is 4.39 Å². The maximum atomic E-state index is 15.2. The predicted molar refractivity (Wildman–Crippen MR) is 167 cm³/mol. The summed E-state index contributed by atoms with van der Waals surface area (Å²) in [6, 6.07) is 13.8. The Balaban J connectivity index is 1.48.